The lowest BCUT2D eigenvalue weighted by atomic mass is 9.48. The van der Waals surface area contributed by atoms with Gasteiger partial charge >= 0.3 is 0 Å². The first-order valence-corrected chi connectivity index (χ1v) is 14.9. The monoisotopic (exact) mass is 494 g/mol. The molecule has 0 spiro atoms. The summed E-state index contributed by atoms with van der Waals surface area (Å²) in [5.74, 6) is 2.36. The van der Waals surface area contributed by atoms with Gasteiger partial charge < -0.3 is 5.32 Å². The Morgan fingerprint density at radius 3 is 2.03 bits per heavy atom. The van der Waals surface area contributed by atoms with Crippen molar-refractivity contribution in [3.05, 3.63) is 59.2 Å². The molecule has 0 radical (unpaired) electrons. The van der Waals surface area contributed by atoms with Crippen LogP contribution in [0.25, 0.3) is 0 Å². The van der Waals surface area contributed by atoms with Crippen molar-refractivity contribution in [3.8, 4) is 0 Å². The van der Waals surface area contributed by atoms with E-state index in [4.69, 9.17) is 0 Å². The smallest absolute Gasteiger partial charge is 0.248 e. The number of nitrogens with zero attached hydrogens (tertiary/aromatic N) is 1. The molecule has 6 rings (SSSR count). The zero-order valence-electron chi connectivity index (χ0n) is 21.4. The standard InChI is InChI=1S/C29H38N2O3S/c1-5-27(31(35(4,33)34)26-11-6-19(2)20(3)12-26)28(32)30-25-9-7-24(8-10-25)29-16-21-13-22(17-29)15-23(14-21)18-29/h6-12,21-23,27H,5,13-18H2,1-4H3,(H,30,32)/t21?,22?,23?,27-,29?/m0/s1. The second kappa shape index (κ2) is 8.95. The second-order valence-electron chi connectivity index (χ2n) is 11.5. The fraction of sp³-hybridized carbons (Fsp3) is 0.552. The van der Waals surface area contributed by atoms with E-state index in [1.807, 2.05) is 45.0 Å². The minimum atomic E-state index is -3.66. The van der Waals surface area contributed by atoms with Gasteiger partial charge in [-0.15, -0.1) is 0 Å². The highest BCUT2D eigenvalue weighted by Crippen LogP contribution is 2.60. The summed E-state index contributed by atoms with van der Waals surface area (Å²) >= 11 is 0. The Morgan fingerprint density at radius 2 is 1.54 bits per heavy atom. The van der Waals surface area contributed by atoms with Gasteiger partial charge in [0, 0.05) is 5.69 Å². The maximum absolute atomic E-state index is 13.3. The van der Waals surface area contributed by atoms with Crippen molar-refractivity contribution in [3.63, 3.8) is 0 Å². The van der Waals surface area contributed by atoms with Crippen molar-refractivity contribution in [1.29, 1.82) is 0 Å². The van der Waals surface area contributed by atoms with Gasteiger partial charge in [0.1, 0.15) is 6.04 Å². The van der Waals surface area contributed by atoms with Crippen molar-refractivity contribution < 1.29 is 13.2 Å². The molecular formula is C29H38N2O3S. The third-order valence-corrected chi connectivity index (χ3v) is 10.1. The van der Waals surface area contributed by atoms with E-state index < -0.39 is 16.1 Å². The minimum Gasteiger partial charge on any atom is -0.324 e. The average molecular weight is 495 g/mol. The Labute approximate surface area is 210 Å². The van der Waals surface area contributed by atoms with E-state index in [2.05, 4.69) is 17.4 Å². The van der Waals surface area contributed by atoms with Crippen LogP contribution in [0.3, 0.4) is 0 Å². The van der Waals surface area contributed by atoms with Crippen molar-refractivity contribution in [1.82, 2.24) is 0 Å². The average Bonchev–Trinajstić information content (AvgIpc) is 2.78. The summed E-state index contributed by atoms with van der Waals surface area (Å²) in [6.45, 7) is 5.78. The van der Waals surface area contributed by atoms with Crippen LogP contribution in [0.5, 0.6) is 0 Å². The summed E-state index contributed by atoms with van der Waals surface area (Å²) in [5.41, 5.74) is 5.05. The lowest BCUT2D eigenvalue weighted by molar-refractivity contribution is -0.117. The van der Waals surface area contributed by atoms with E-state index in [0.717, 1.165) is 34.6 Å². The molecule has 4 fully saturated rings. The van der Waals surface area contributed by atoms with Gasteiger partial charge in [0.05, 0.1) is 11.9 Å². The van der Waals surface area contributed by atoms with Crippen LogP contribution < -0.4 is 9.62 Å². The number of carbonyl (C=O) groups is 1. The molecule has 0 saturated heterocycles. The van der Waals surface area contributed by atoms with Crippen LogP contribution in [0.1, 0.15) is 68.6 Å². The topological polar surface area (TPSA) is 66.5 Å². The molecule has 188 valence electrons. The van der Waals surface area contributed by atoms with Crippen molar-refractivity contribution >= 4 is 27.3 Å². The van der Waals surface area contributed by atoms with Crippen molar-refractivity contribution in [2.45, 2.75) is 77.2 Å². The number of carbonyl (C=O) groups excluding carboxylic acids is 1. The fourth-order valence-electron chi connectivity index (χ4n) is 7.52. The molecule has 0 aromatic heterocycles. The molecule has 35 heavy (non-hydrogen) atoms. The quantitative estimate of drug-likeness (QED) is 0.517. The SMILES string of the molecule is CC[C@@H](C(=O)Nc1ccc(C23CC4CC(CC(C4)C2)C3)cc1)N(c1ccc(C)c(C)c1)S(C)(=O)=O. The highest BCUT2D eigenvalue weighted by Gasteiger charge is 2.51. The van der Waals surface area contributed by atoms with Crippen LogP contribution in [0.2, 0.25) is 0 Å². The largest absolute Gasteiger partial charge is 0.324 e. The minimum absolute atomic E-state index is 0.307. The first-order chi connectivity index (χ1) is 16.6. The molecule has 0 aliphatic heterocycles. The van der Waals surface area contributed by atoms with E-state index in [9.17, 15) is 13.2 Å². The van der Waals surface area contributed by atoms with E-state index >= 15 is 0 Å². The zero-order valence-corrected chi connectivity index (χ0v) is 22.2. The number of sulfonamides is 1. The van der Waals surface area contributed by atoms with E-state index in [1.165, 1.54) is 54.6 Å². The summed E-state index contributed by atoms with van der Waals surface area (Å²) in [5, 5.41) is 3.00. The number of aryl methyl sites for hydroxylation is 2. The molecule has 1 atom stereocenters. The van der Waals surface area contributed by atoms with Gasteiger partial charge in [-0.1, -0.05) is 25.1 Å². The lowest BCUT2D eigenvalue weighted by Gasteiger charge is -2.57. The summed E-state index contributed by atoms with van der Waals surface area (Å²) in [6, 6.07) is 13.1. The number of benzene rings is 2. The van der Waals surface area contributed by atoms with Crippen molar-refractivity contribution in [2.24, 2.45) is 17.8 Å². The second-order valence-corrected chi connectivity index (χ2v) is 13.4. The van der Waals surface area contributed by atoms with Crippen LogP contribution in [0.15, 0.2) is 42.5 Å². The third-order valence-electron chi connectivity index (χ3n) is 8.88. The molecule has 4 aliphatic carbocycles. The maximum Gasteiger partial charge on any atom is 0.248 e. The molecule has 5 nitrogen and oxygen atoms in total. The van der Waals surface area contributed by atoms with E-state index in [0.29, 0.717) is 17.5 Å². The summed E-state index contributed by atoms with van der Waals surface area (Å²) < 4.78 is 26.8. The molecule has 4 saturated carbocycles. The molecule has 1 N–H and O–H groups in total. The molecule has 2 aromatic rings. The maximum atomic E-state index is 13.3. The normalized spacial score (nSPS) is 28.1. The molecule has 4 aliphatic rings. The van der Waals surface area contributed by atoms with Gasteiger partial charge in [-0.05, 0) is 123 Å². The number of anilines is 2. The molecular weight excluding hydrogens is 456 g/mol. The Morgan fingerprint density at radius 1 is 0.971 bits per heavy atom. The predicted molar refractivity (Wildman–Crippen MR) is 142 cm³/mol. The van der Waals surface area contributed by atoms with Crippen molar-refractivity contribution in [2.75, 3.05) is 15.9 Å². The van der Waals surface area contributed by atoms with E-state index in [1.54, 1.807) is 6.07 Å². The summed E-state index contributed by atoms with van der Waals surface area (Å²) in [6.07, 6.45) is 9.72. The fourth-order valence-corrected chi connectivity index (χ4v) is 8.72. The molecule has 2 aromatic carbocycles. The molecule has 0 heterocycles. The van der Waals surface area contributed by atoms with Crippen LogP contribution in [0.4, 0.5) is 11.4 Å². The first-order valence-electron chi connectivity index (χ1n) is 13.1. The Bertz CT molecular complexity index is 1180. The number of hydrogen-bond donors (Lipinski definition) is 1. The lowest BCUT2D eigenvalue weighted by Crippen LogP contribution is -2.48. The highest BCUT2D eigenvalue weighted by atomic mass is 32.2. The van der Waals surface area contributed by atoms with Gasteiger partial charge in [0.2, 0.25) is 15.9 Å². The van der Waals surface area contributed by atoms with Gasteiger partial charge in [0.25, 0.3) is 0 Å². The summed E-state index contributed by atoms with van der Waals surface area (Å²) in [4.78, 5) is 13.3. The molecule has 4 bridgehead atoms. The predicted octanol–water partition coefficient (Wildman–Crippen LogP) is 5.95. The number of nitrogens with one attached hydrogen (secondary N) is 1. The number of rotatable bonds is 7. The summed E-state index contributed by atoms with van der Waals surface area (Å²) in [7, 11) is -3.66. The number of amides is 1. The Kier molecular flexibility index (Phi) is 6.23. The Hall–Kier alpha value is -2.34. The highest BCUT2D eigenvalue weighted by molar-refractivity contribution is 7.92. The van der Waals surface area contributed by atoms with Crippen LogP contribution >= 0.6 is 0 Å². The van der Waals surface area contributed by atoms with E-state index in [-0.39, 0.29) is 5.91 Å². The van der Waals surface area contributed by atoms with Crippen LogP contribution in [-0.4, -0.2) is 26.6 Å². The van der Waals surface area contributed by atoms with Gasteiger partial charge in [0.15, 0.2) is 0 Å². The third kappa shape index (κ3) is 4.62. The van der Waals surface area contributed by atoms with Gasteiger partial charge in [-0.3, -0.25) is 9.10 Å². The molecule has 1 amide bonds. The Balaban J connectivity index is 1.35. The first kappa shape index (κ1) is 24.4. The van der Waals surface area contributed by atoms with Gasteiger partial charge in [-0.2, -0.15) is 0 Å². The molecule has 0 unspecified atom stereocenters. The van der Waals surface area contributed by atoms with Gasteiger partial charge in [-0.25, -0.2) is 8.42 Å². The van der Waals surface area contributed by atoms with Crippen LogP contribution in [-0.2, 0) is 20.2 Å². The zero-order chi connectivity index (χ0) is 25.0. The van der Waals surface area contributed by atoms with Crippen LogP contribution in [0, 0.1) is 31.6 Å². The number of hydrogen-bond acceptors (Lipinski definition) is 3. The molecule has 6 heteroatoms.